The Balaban J connectivity index is 0.00000255. The lowest BCUT2D eigenvalue weighted by Crippen LogP contribution is -2.48. The molecular formula is C38H50F2N6O2. The summed E-state index contributed by atoms with van der Waals surface area (Å²) in [6.45, 7) is 17.7. The van der Waals surface area contributed by atoms with Crippen molar-refractivity contribution in [2.24, 2.45) is 5.92 Å². The number of carbonyl (C=O) groups is 2. The van der Waals surface area contributed by atoms with Crippen molar-refractivity contribution in [2.75, 3.05) is 36.4 Å². The van der Waals surface area contributed by atoms with E-state index in [1.54, 1.807) is 12.1 Å². The molecule has 0 bridgehead atoms. The number of hydrogen-bond donors (Lipinski definition) is 2. The first-order valence-corrected chi connectivity index (χ1v) is 17.1. The van der Waals surface area contributed by atoms with Crippen molar-refractivity contribution < 1.29 is 18.4 Å². The summed E-state index contributed by atoms with van der Waals surface area (Å²) >= 11 is 0. The SMILES string of the molecule is CC.Cc1ccc(C(=O)NC(C)(C)C)cc1-c1nc(N2CCC(N3CCC(C)CC3)CC2)nc(NC=O)c1/C=C\c1c(F)cccc1F. The van der Waals surface area contributed by atoms with Gasteiger partial charge in [0.15, 0.2) is 0 Å². The highest BCUT2D eigenvalue weighted by molar-refractivity contribution is 5.97. The van der Waals surface area contributed by atoms with Gasteiger partial charge in [-0.25, -0.2) is 13.8 Å². The molecule has 5 rings (SSSR count). The Kier molecular flexibility index (Phi) is 12.4. The zero-order valence-electron chi connectivity index (χ0n) is 29.4. The predicted molar refractivity (Wildman–Crippen MR) is 191 cm³/mol. The molecule has 0 aliphatic carbocycles. The number of amides is 2. The molecule has 2 aliphatic heterocycles. The Morgan fingerprint density at radius 1 is 0.917 bits per heavy atom. The molecule has 2 aliphatic rings. The number of aromatic nitrogens is 2. The number of piperidine rings is 2. The summed E-state index contributed by atoms with van der Waals surface area (Å²) in [6, 6.07) is 9.54. The van der Waals surface area contributed by atoms with Gasteiger partial charge >= 0.3 is 0 Å². The smallest absolute Gasteiger partial charge is 0.251 e. The molecule has 258 valence electrons. The second kappa shape index (κ2) is 16.3. The Labute approximate surface area is 284 Å². The minimum atomic E-state index is -0.719. The molecular weight excluding hydrogens is 610 g/mol. The second-order valence-corrected chi connectivity index (χ2v) is 13.5. The van der Waals surface area contributed by atoms with Gasteiger partial charge in [0.2, 0.25) is 12.4 Å². The Hall–Kier alpha value is -4.18. The zero-order chi connectivity index (χ0) is 35.0. The van der Waals surface area contributed by atoms with E-state index >= 15 is 0 Å². The van der Waals surface area contributed by atoms with Gasteiger partial charge in [-0.1, -0.05) is 32.9 Å². The predicted octanol–water partition coefficient (Wildman–Crippen LogP) is 7.72. The van der Waals surface area contributed by atoms with Gasteiger partial charge in [-0.3, -0.25) is 9.59 Å². The van der Waals surface area contributed by atoms with E-state index < -0.39 is 17.2 Å². The fraction of sp³-hybridized carbons (Fsp3) is 0.474. The number of halogens is 2. The van der Waals surface area contributed by atoms with Crippen LogP contribution >= 0.6 is 0 Å². The molecule has 10 heteroatoms. The van der Waals surface area contributed by atoms with Crippen LogP contribution in [0.2, 0.25) is 0 Å². The van der Waals surface area contributed by atoms with Crippen LogP contribution in [0.15, 0.2) is 36.4 Å². The zero-order valence-corrected chi connectivity index (χ0v) is 29.4. The molecule has 0 spiro atoms. The summed E-state index contributed by atoms with van der Waals surface area (Å²) in [5.41, 5.74) is 2.06. The van der Waals surface area contributed by atoms with Crippen molar-refractivity contribution in [1.82, 2.24) is 20.2 Å². The van der Waals surface area contributed by atoms with Crippen LogP contribution in [0, 0.1) is 24.5 Å². The summed E-state index contributed by atoms with van der Waals surface area (Å²) in [5.74, 6) is -0.251. The van der Waals surface area contributed by atoms with Crippen LogP contribution in [0.5, 0.6) is 0 Å². The molecule has 2 saturated heterocycles. The number of benzene rings is 2. The molecule has 0 saturated carbocycles. The number of nitrogens with one attached hydrogen (secondary N) is 2. The summed E-state index contributed by atoms with van der Waals surface area (Å²) < 4.78 is 29.2. The van der Waals surface area contributed by atoms with Crippen LogP contribution < -0.4 is 15.5 Å². The summed E-state index contributed by atoms with van der Waals surface area (Å²) in [6.07, 6.45) is 7.76. The maximum absolute atomic E-state index is 14.6. The Morgan fingerprint density at radius 3 is 2.15 bits per heavy atom. The highest BCUT2D eigenvalue weighted by Crippen LogP contribution is 2.35. The standard InChI is InChI=1S/C36H44F2N6O2.C2H6/c1-23-13-17-43(18-14-23)26-15-19-44(20-16-26)35-40-32(29-21-25(10-9-24(29)2)34(46)42-36(3,4)5)28(33(41-35)39-22-45)12-11-27-30(37)7-6-8-31(27)38;1-2/h6-12,21-23,26H,13-20H2,1-5H3,(H,42,46)(H,39,40,41,45);1-2H3/b12-11-;. The summed E-state index contributed by atoms with van der Waals surface area (Å²) in [7, 11) is 0. The lowest BCUT2D eigenvalue weighted by molar-refractivity contribution is -0.105. The third-order valence-corrected chi connectivity index (χ3v) is 8.87. The molecule has 0 atom stereocenters. The van der Waals surface area contributed by atoms with Gasteiger partial charge in [0.25, 0.3) is 5.91 Å². The summed E-state index contributed by atoms with van der Waals surface area (Å²) in [4.78, 5) is 39.5. The molecule has 1 aromatic heterocycles. The highest BCUT2D eigenvalue weighted by atomic mass is 19.1. The van der Waals surface area contributed by atoms with Crippen molar-refractivity contribution in [2.45, 2.75) is 85.7 Å². The number of aryl methyl sites for hydroxylation is 1. The van der Waals surface area contributed by atoms with Crippen LogP contribution in [0.1, 0.15) is 94.3 Å². The van der Waals surface area contributed by atoms with Crippen molar-refractivity contribution in [3.8, 4) is 11.3 Å². The molecule has 2 fully saturated rings. The monoisotopic (exact) mass is 660 g/mol. The van der Waals surface area contributed by atoms with E-state index in [4.69, 9.17) is 9.97 Å². The van der Waals surface area contributed by atoms with E-state index in [9.17, 15) is 18.4 Å². The van der Waals surface area contributed by atoms with Crippen LogP contribution in [0.25, 0.3) is 23.4 Å². The van der Waals surface area contributed by atoms with Gasteiger partial charge in [-0.05, 0) is 114 Å². The average Bonchev–Trinajstić information content (AvgIpc) is 3.06. The number of anilines is 2. The molecule has 0 radical (unpaired) electrons. The fourth-order valence-electron chi connectivity index (χ4n) is 6.22. The topological polar surface area (TPSA) is 90.5 Å². The number of likely N-dealkylation sites (tertiary alicyclic amines) is 1. The van der Waals surface area contributed by atoms with Crippen LogP contribution in [0.3, 0.4) is 0 Å². The van der Waals surface area contributed by atoms with Gasteiger partial charge in [-0.15, -0.1) is 0 Å². The maximum atomic E-state index is 14.6. The van der Waals surface area contributed by atoms with E-state index in [1.807, 2.05) is 47.6 Å². The lowest BCUT2D eigenvalue weighted by Gasteiger charge is -2.41. The van der Waals surface area contributed by atoms with E-state index in [-0.39, 0.29) is 17.3 Å². The van der Waals surface area contributed by atoms with Gasteiger partial charge in [0, 0.05) is 46.9 Å². The van der Waals surface area contributed by atoms with Crippen molar-refractivity contribution in [3.63, 3.8) is 0 Å². The van der Waals surface area contributed by atoms with Gasteiger partial charge in [-0.2, -0.15) is 4.98 Å². The van der Waals surface area contributed by atoms with E-state index in [0.717, 1.165) is 50.5 Å². The van der Waals surface area contributed by atoms with Gasteiger partial charge < -0.3 is 20.4 Å². The highest BCUT2D eigenvalue weighted by Gasteiger charge is 2.29. The molecule has 3 heterocycles. The molecule has 2 aromatic carbocycles. The molecule has 3 aromatic rings. The Morgan fingerprint density at radius 2 is 1.54 bits per heavy atom. The van der Waals surface area contributed by atoms with E-state index in [1.165, 1.54) is 43.2 Å². The third kappa shape index (κ3) is 9.04. The van der Waals surface area contributed by atoms with Gasteiger partial charge in [0.1, 0.15) is 17.5 Å². The molecule has 48 heavy (non-hydrogen) atoms. The van der Waals surface area contributed by atoms with Crippen LogP contribution in [-0.4, -0.2) is 64.9 Å². The minimum absolute atomic E-state index is 0.207. The molecule has 2 amide bonds. The minimum Gasteiger partial charge on any atom is -0.347 e. The molecule has 2 N–H and O–H groups in total. The van der Waals surface area contributed by atoms with Crippen molar-refractivity contribution in [1.29, 1.82) is 0 Å². The van der Waals surface area contributed by atoms with Crippen LogP contribution in [-0.2, 0) is 4.79 Å². The summed E-state index contributed by atoms with van der Waals surface area (Å²) in [5, 5.41) is 5.69. The molecule has 0 unspecified atom stereocenters. The first-order chi connectivity index (χ1) is 22.9. The van der Waals surface area contributed by atoms with E-state index in [2.05, 4.69) is 27.4 Å². The average molecular weight is 661 g/mol. The second-order valence-electron chi connectivity index (χ2n) is 13.5. The first kappa shape index (κ1) is 36.7. The largest absolute Gasteiger partial charge is 0.347 e. The third-order valence-electron chi connectivity index (χ3n) is 8.87. The maximum Gasteiger partial charge on any atom is 0.251 e. The number of hydrogen-bond acceptors (Lipinski definition) is 6. The number of nitrogens with zero attached hydrogens (tertiary/aromatic N) is 4. The van der Waals surface area contributed by atoms with Crippen molar-refractivity contribution >= 4 is 36.2 Å². The number of rotatable bonds is 8. The van der Waals surface area contributed by atoms with Crippen LogP contribution in [0.4, 0.5) is 20.5 Å². The quantitative estimate of drug-likeness (QED) is 0.241. The molecule has 8 nitrogen and oxygen atoms in total. The fourth-order valence-corrected chi connectivity index (χ4v) is 6.22. The van der Waals surface area contributed by atoms with Gasteiger partial charge in [0.05, 0.1) is 5.69 Å². The Bertz CT molecular complexity index is 1580. The first-order valence-electron chi connectivity index (χ1n) is 17.1. The van der Waals surface area contributed by atoms with Crippen molar-refractivity contribution in [3.05, 3.63) is 70.3 Å². The normalized spacial score (nSPS) is 16.4. The van der Waals surface area contributed by atoms with E-state index in [0.29, 0.717) is 40.8 Å². The lowest BCUT2D eigenvalue weighted by atomic mass is 9.95. The number of carbonyl (C=O) groups excluding carboxylic acids is 2.